The molecule has 2 saturated carbocycles. The molecule has 6 nitrogen and oxygen atoms in total. The molecule has 0 bridgehead atoms. The van der Waals surface area contributed by atoms with E-state index in [9.17, 15) is 9.59 Å². The average molecular weight is 914 g/mol. The molecule has 45 heavy (non-hydrogen) atoms. The van der Waals surface area contributed by atoms with Crippen LogP contribution in [0.5, 0.6) is 11.5 Å². The quantitative estimate of drug-likeness (QED) is 0.101. The minimum absolute atomic E-state index is 0.134. The lowest BCUT2D eigenvalue weighted by molar-refractivity contribution is -0.145. The topological polar surface area (TPSA) is 71.1 Å². The van der Waals surface area contributed by atoms with E-state index in [2.05, 4.69) is 88.8 Å². The molecule has 9 heteroatoms. The molecule has 0 N–H and O–H groups in total. The van der Waals surface area contributed by atoms with Gasteiger partial charge in [-0.15, -0.1) is 0 Å². The highest BCUT2D eigenvalue weighted by atomic mass is 127. The van der Waals surface area contributed by atoms with Crippen LogP contribution in [0.25, 0.3) is 0 Å². The minimum Gasteiger partial charge on any atom is -0.492 e. The Labute approximate surface area is 306 Å². The number of hydrogen-bond donors (Lipinski definition) is 0. The SMILES string of the molecule is CC(C)CBr.CCOC(=O)C(CC(C)C)c1ccc(I)c(OCC2CC2)c1.CCOC(=O)Cc1ccc(I)c(OCC2CC2)c1. The second kappa shape index (κ2) is 21.7. The zero-order valence-electron chi connectivity index (χ0n) is 27.7. The van der Waals surface area contributed by atoms with Crippen molar-refractivity contribution in [2.24, 2.45) is 23.7 Å². The van der Waals surface area contributed by atoms with Crippen molar-refractivity contribution in [2.75, 3.05) is 31.8 Å². The zero-order chi connectivity index (χ0) is 33.4. The second-order valence-electron chi connectivity index (χ2n) is 12.4. The molecule has 4 rings (SSSR count). The fourth-order valence-corrected chi connectivity index (χ4v) is 5.04. The summed E-state index contributed by atoms with van der Waals surface area (Å²) in [5, 5.41) is 1.12. The molecule has 1 atom stereocenters. The van der Waals surface area contributed by atoms with Crippen molar-refractivity contribution in [3.8, 4) is 11.5 Å². The highest BCUT2D eigenvalue weighted by Crippen LogP contribution is 2.34. The van der Waals surface area contributed by atoms with Crippen LogP contribution in [0.4, 0.5) is 0 Å². The fourth-order valence-electron chi connectivity index (χ4n) is 4.06. The van der Waals surface area contributed by atoms with Crippen LogP contribution in [0.1, 0.15) is 90.7 Å². The summed E-state index contributed by atoms with van der Waals surface area (Å²) in [6.45, 7) is 14.7. The molecule has 2 fully saturated rings. The third-order valence-corrected chi connectivity index (χ3v) is 10.0. The van der Waals surface area contributed by atoms with Gasteiger partial charge >= 0.3 is 11.9 Å². The largest absolute Gasteiger partial charge is 0.492 e. The Kier molecular flexibility index (Phi) is 19.4. The van der Waals surface area contributed by atoms with Crippen molar-refractivity contribution in [3.63, 3.8) is 0 Å². The molecule has 2 aliphatic rings. The monoisotopic (exact) mass is 912 g/mol. The molecule has 2 aliphatic carbocycles. The normalized spacial score (nSPS) is 14.5. The van der Waals surface area contributed by atoms with Crippen molar-refractivity contribution >= 4 is 73.1 Å². The molecule has 0 saturated heterocycles. The zero-order valence-corrected chi connectivity index (χ0v) is 33.6. The van der Waals surface area contributed by atoms with Gasteiger partial charge in [-0.1, -0.05) is 55.8 Å². The number of alkyl halides is 1. The van der Waals surface area contributed by atoms with E-state index in [0.717, 1.165) is 72.5 Å². The van der Waals surface area contributed by atoms with E-state index in [1.807, 2.05) is 50.2 Å². The second-order valence-corrected chi connectivity index (χ2v) is 15.4. The maximum absolute atomic E-state index is 12.3. The van der Waals surface area contributed by atoms with Crippen molar-refractivity contribution in [3.05, 3.63) is 54.7 Å². The van der Waals surface area contributed by atoms with Crippen LogP contribution in [0.3, 0.4) is 0 Å². The molecule has 0 aromatic heterocycles. The van der Waals surface area contributed by atoms with Gasteiger partial charge in [0.25, 0.3) is 0 Å². The van der Waals surface area contributed by atoms with E-state index in [1.165, 1.54) is 25.7 Å². The number of carbonyl (C=O) groups excluding carboxylic acids is 2. The van der Waals surface area contributed by atoms with Gasteiger partial charge in [0.2, 0.25) is 0 Å². The summed E-state index contributed by atoms with van der Waals surface area (Å²) in [6, 6.07) is 12.0. The van der Waals surface area contributed by atoms with Gasteiger partial charge in [0.05, 0.1) is 45.9 Å². The Morgan fingerprint density at radius 2 is 1.31 bits per heavy atom. The highest BCUT2D eigenvalue weighted by Gasteiger charge is 2.26. The van der Waals surface area contributed by atoms with E-state index >= 15 is 0 Å². The van der Waals surface area contributed by atoms with Crippen LogP contribution in [0, 0.1) is 30.8 Å². The van der Waals surface area contributed by atoms with Gasteiger partial charge in [0.1, 0.15) is 11.5 Å². The average Bonchev–Trinajstić information content (AvgIpc) is 3.93. The molecular weight excluding hydrogens is 862 g/mol. The molecule has 0 aliphatic heterocycles. The Hall–Kier alpha value is -1.08. The first-order chi connectivity index (χ1) is 21.5. The van der Waals surface area contributed by atoms with Gasteiger partial charge < -0.3 is 18.9 Å². The van der Waals surface area contributed by atoms with Crippen LogP contribution >= 0.6 is 61.1 Å². The van der Waals surface area contributed by atoms with E-state index in [0.29, 0.717) is 25.6 Å². The van der Waals surface area contributed by atoms with E-state index < -0.39 is 0 Å². The third kappa shape index (κ3) is 17.1. The van der Waals surface area contributed by atoms with Gasteiger partial charge in [-0.2, -0.15) is 0 Å². The van der Waals surface area contributed by atoms with Crippen LogP contribution in [0.2, 0.25) is 0 Å². The van der Waals surface area contributed by atoms with Gasteiger partial charge in [0, 0.05) is 5.33 Å². The smallest absolute Gasteiger partial charge is 0.313 e. The summed E-state index contributed by atoms with van der Waals surface area (Å²) in [6.07, 6.45) is 6.20. The van der Waals surface area contributed by atoms with E-state index in [4.69, 9.17) is 18.9 Å². The Balaban J connectivity index is 0.000000277. The summed E-state index contributed by atoms with van der Waals surface area (Å²) in [5.74, 6) is 3.93. The molecule has 2 aromatic rings. The maximum Gasteiger partial charge on any atom is 0.313 e. The maximum atomic E-state index is 12.3. The first-order valence-electron chi connectivity index (χ1n) is 16.2. The lowest BCUT2D eigenvalue weighted by Crippen LogP contribution is -2.18. The molecular formula is C36H51BrI2O6. The van der Waals surface area contributed by atoms with Crippen molar-refractivity contribution in [1.82, 2.24) is 0 Å². The molecule has 252 valence electrons. The van der Waals surface area contributed by atoms with E-state index in [1.54, 1.807) is 0 Å². The summed E-state index contributed by atoms with van der Waals surface area (Å²) >= 11 is 7.85. The van der Waals surface area contributed by atoms with Gasteiger partial charge in [-0.25, -0.2) is 0 Å². The third-order valence-electron chi connectivity index (χ3n) is 6.94. The van der Waals surface area contributed by atoms with Gasteiger partial charge in [0.15, 0.2) is 0 Å². The highest BCUT2D eigenvalue weighted by molar-refractivity contribution is 14.1. The van der Waals surface area contributed by atoms with Gasteiger partial charge in [-0.3, -0.25) is 9.59 Å². The first-order valence-corrected chi connectivity index (χ1v) is 19.5. The summed E-state index contributed by atoms with van der Waals surface area (Å²) in [5.41, 5.74) is 1.94. The van der Waals surface area contributed by atoms with Crippen molar-refractivity contribution < 1.29 is 28.5 Å². The Morgan fingerprint density at radius 1 is 0.800 bits per heavy atom. The van der Waals surface area contributed by atoms with Crippen LogP contribution in [-0.4, -0.2) is 43.7 Å². The fraction of sp³-hybridized carbons (Fsp3) is 0.611. The Morgan fingerprint density at radius 3 is 1.78 bits per heavy atom. The molecule has 0 radical (unpaired) electrons. The molecule has 2 aromatic carbocycles. The van der Waals surface area contributed by atoms with Crippen LogP contribution in [-0.2, 0) is 25.5 Å². The first kappa shape index (κ1) is 40.1. The summed E-state index contributed by atoms with van der Waals surface area (Å²) < 4.78 is 24.1. The number of rotatable bonds is 15. The standard InChI is InChI=1S/C18H25IO3.C14H17IO3.C4H9Br/c1-4-21-18(20)15(9-12(2)3)14-7-8-16(19)17(10-14)22-11-13-5-6-13;1-2-17-14(16)8-11-5-6-12(15)13(7-11)18-9-10-3-4-10;1-4(2)3-5/h7-8,10,12-13,15H,4-6,9,11H2,1-3H3;5-7,10H,2-4,8-9H2,1H3;4H,3H2,1-2H3. The van der Waals surface area contributed by atoms with E-state index in [-0.39, 0.29) is 17.9 Å². The molecule has 0 spiro atoms. The lowest BCUT2D eigenvalue weighted by Gasteiger charge is -2.19. The number of hydrogen-bond acceptors (Lipinski definition) is 6. The van der Waals surface area contributed by atoms with Crippen molar-refractivity contribution in [2.45, 2.75) is 86.0 Å². The predicted octanol–water partition coefficient (Wildman–Crippen LogP) is 10.00. The Bertz CT molecular complexity index is 1180. The number of ether oxygens (including phenoxy) is 4. The molecule has 0 heterocycles. The summed E-state index contributed by atoms with van der Waals surface area (Å²) in [7, 11) is 0. The van der Waals surface area contributed by atoms with Crippen LogP contribution in [0.15, 0.2) is 36.4 Å². The minimum atomic E-state index is -0.208. The number of esters is 2. The molecule has 0 amide bonds. The van der Waals surface area contributed by atoms with Crippen LogP contribution < -0.4 is 9.47 Å². The number of halogens is 3. The number of benzene rings is 2. The van der Waals surface area contributed by atoms with Crippen molar-refractivity contribution in [1.29, 1.82) is 0 Å². The number of carbonyl (C=O) groups is 2. The lowest BCUT2D eigenvalue weighted by atomic mass is 9.90. The predicted molar refractivity (Wildman–Crippen MR) is 203 cm³/mol. The van der Waals surface area contributed by atoms with Gasteiger partial charge in [-0.05, 0) is 150 Å². The summed E-state index contributed by atoms with van der Waals surface area (Å²) in [4.78, 5) is 23.7. The molecule has 1 unspecified atom stereocenters.